The zero-order chi connectivity index (χ0) is 19.1. The van der Waals surface area contributed by atoms with E-state index in [1.807, 2.05) is 19.2 Å². The van der Waals surface area contributed by atoms with Crippen molar-refractivity contribution in [1.82, 2.24) is 29.7 Å². The standard InChI is InChI=1S/C19H26N6O2/c1-12-6-7-25-18(21-12)16(10-20-25)19(27)22-13-8-14-4-5-15(9-13)24(14)11-17(26)23(2)3/h6-7,10,13-15H,4-5,8-9,11H2,1-3H3,(H,22,27). The fourth-order valence-corrected chi connectivity index (χ4v) is 4.33. The first-order valence-electron chi connectivity index (χ1n) is 9.50. The second-order valence-corrected chi connectivity index (χ2v) is 7.88. The lowest BCUT2D eigenvalue weighted by Crippen LogP contribution is -2.52. The van der Waals surface area contributed by atoms with Crippen molar-refractivity contribution in [1.29, 1.82) is 0 Å². The highest BCUT2D eigenvalue weighted by molar-refractivity contribution is 5.99. The molecule has 2 aliphatic heterocycles. The van der Waals surface area contributed by atoms with Crippen molar-refractivity contribution in [3.8, 4) is 0 Å². The molecule has 0 radical (unpaired) electrons. The van der Waals surface area contributed by atoms with E-state index in [1.165, 1.54) is 0 Å². The monoisotopic (exact) mass is 370 g/mol. The van der Waals surface area contributed by atoms with E-state index < -0.39 is 0 Å². The largest absolute Gasteiger partial charge is 0.349 e. The number of likely N-dealkylation sites (N-methyl/N-ethyl adjacent to an activating group) is 1. The van der Waals surface area contributed by atoms with E-state index in [0.29, 0.717) is 29.8 Å². The SMILES string of the molecule is Cc1ccn2ncc(C(=O)NC3CC4CCC(C3)N4CC(=O)N(C)C)c2n1. The van der Waals surface area contributed by atoms with Gasteiger partial charge in [0, 0.05) is 44.1 Å². The van der Waals surface area contributed by atoms with E-state index in [1.54, 1.807) is 29.7 Å². The van der Waals surface area contributed by atoms with Crippen LogP contribution < -0.4 is 5.32 Å². The van der Waals surface area contributed by atoms with E-state index in [-0.39, 0.29) is 17.9 Å². The average molecular weight is 370 g/mol. The van der Waals surface area contributed by atoms with Crippen LogP contribution in [0.5, 0.6) is 0 Å². The van der Waals surface area contributed by atoms with Crippen molar-refractivity contribution < 1.29 is 9.59 Å². The predicted molar refractivity (Wildman–Crippen MR) is 100 cm³/mol. The van der Waals surface area contributed by atoms with Crippen LogP contribution in [-0.4, -0.2) is 75.0 Å². The van der Waals surface area contributed by atoms with Gasteiger partial charge in [0.15, 0.2) is 5.65 Å². The number of amides is 2. The van der Waals surface area contributed by atoms with E-state index in [4.69, 9.17) is 0 Å². The third kappa shape index (κ3) is 3.41. The van der Waals surface area contributed by atoms with E-state index in [0.717, 1.165) is 31.4 Å². The van der Waals surface area contributed by atoms with Gasteiger partial charge in [0.2, 0.25) is 5.91 Å². The van der Waals surface area contributed by atoms with Crippen LogP contribution >= 0.6 is 0 Å². The third-order valence-electron chi connectivity index (χ3n) is 5.79. The van der Waals surface area contributed by atoms with Crippen molar-refractivity contribution in [2.45, 2.75) is 50.7 Å². The number of nitrogens with one attached hydrogen (secondary N) is 1. The minimum Gasteiger partial charge on any atom is -0.349 e. The highest BCUT2D eigenvalue weighted by Gasteiger charge is 2.42. The highest BCUT2D eigenvalue weighted by atomic mass is 16.2. The Balaban J connectivity index is 1.43. The summed E-state index contributed by atoms with van der Waals surface area (Å²) in [6.45, 7) is 2.37. The van der Waals surface area contributed by atoms with Gasteiger partial charge in [-0.05, 0) is 38.7 Å². The molecule has 4 rings (SSSR count). The summed E-state index contributed by atoms with van der Waals surface area (Å²) in [5.41, 5.74) is 1.95. The number of fused-ring (bicyclic) bond motifs is 3. The van der Waals surface area contributed by atoms with Crippen molar-refractivity contribution >= 4 is 17.5 Å². The molecule has 0 saturated carbocycles. The number of aryl methyl sites for hydroxylation is 1. The zero-order valence-electron chi connectivity index (χ0n) is 16.1. The summed E-state index contributed by atoms with van der Waals surface area (Å²) in [5.74, 6) is 0.0208. The molecular formula is C19H26N6O2. The molecule has 2 atom stereocenters. The first-order valence-corrected chi connectivity index (χ1v) is 9.50. The van der Waals surface area contributed by atoms with Gasteiger partial charge in [-0.15, -0.1) is 0 Å². The van der Waals surface area contributed by atoms with Crippen molar-refractivity contribution in [3.63, 3.8) is 0 Å². The molecule has 2 amide bonds. The van der Waals surface area contributed by atoms with Crippen molar-refractivity contribution in [2.24, 2.45) is 0 Å². The van der Waals surface area contributed by atoms with Gasteiger partial charge in [-0.2, -0.15) is 5.10 Å². The number of nitrogens with zero attached hydrogens (tertiary/aromatic N) is 5. The summed E-state index contributed by atoms with van der Waals surface area (Å²) in [7, 11) is 3.59. The number of carbonyl (C=O) groups excluding carboxylic acids is 2. The molecule has 8 nitrogen and oxygen atoms in total. The fraction of sp³-hybridized carbons (Fsp3) is 0.579. The van der Waals surface area contributed by atoms with Gasteiger partial charge in [-0.25, -0.2) is 9.50 Å². The van der Waals surface area contributed by atoms with Crippen LogP contribution in [0.4, 0.5) is 0 Å². The van der Waals surface area contributed by atoms with Crippen LogP contribution in [0.1, 0.15) is 41.7 Å². The second kappa shape index (κ2) is 6.92. The molecule has 2 fully saturated rings. The van der Waals surface area contributed by atoms with Crippen LogP contribution in [0.3, 0.4) is 0 Å². The van der Waals surface area contributed by atoms with Crippen molar-refractivity contribution in [3.05, 3.63) is 29.7 Å². The van der Waals surface area contributed by atoms with Gasteiger partial charge < -0.3 is 10.2 Å². The molecule has 144 valence electrons. The highest BCUT2D eigenvalue weighted by Crippen LogP contribution is 2.35. The summed E-state index contributed by atoms with van der Waals surface area (Å²) in [6.07, 6.45) is 7.35. The maximum Gasteiger partial charge on any atom is 0.256 e. The Hall–Kier alpha value is -2.48. The normalized spacial score (nSPS) is 24.9. The van der Waals surface area contributed by atoms with Crippen LogP contribution in [0, 0.1) is 6.92 Å². The topological polar surface area (TPSA) is 82.8 Å². The number of piperidine rings is 1. The van der Waals surface area contributed by atoms with Gasteiger partial charge >= 0.3 is 0 Å². The summed E-state index contributed by atoms with van der Waals surface area (Å²) in [4.78, 5) is 33.3. The molecule has 1 N–H and O–H groups in total. The zero-order valence-corrected chi connectivity index (χ0v) is 16.1. The molecular weight excluding hydrogens is 344 g/mol. The molecule has 2 aromatic rings. The molecule has 2 saturated heterocycles. The Morgan fingerprint density at radius 1 is 1.26 bits per heavy atom. The van der Waals surface area contributed by atoms with Crippen LogP contribution in [0.2, 0.25) is 0 Å². The summed E-state index contributed by atoms with van der Waals surface area (Å²) < 4.78 is 1.63. The molecule has 0 aromatic carbocycles. The minimum absolute atomic E-state index is 0.120. The lowest BCUT2D eigenvalue weighted by Gasteiger charge is -2.39. The molecule has 2 unspecified atom stereocenters. The van der Waals surface area contributed by atoms with E-state index in [9.17, 15) is 9.59 Å². The lowest BCUT2D eigenvalue weighted by molar-refractivity contribution is -0.131. The Labute approximate surface area is 158 Å². The first-order chi connectivity index (χ1) is 12.9. The van der Waals surface area contributed by atoms with E-state index >= 15 is 0 Å². The third-order valence-corrected chi connectivity index (χ3v) is 5.79. The second-order valence-electron chi connectivity index (χ2n) is 7.88. The molecule has 2 aromatic heterocycles. The number of carbonyl (C=O) groups is 2. The van der Waals surface area contributed by atoms with Gasteiger partial charge in [-0.3, -0.25) is 14.5 Å². The Bertz CT molecular complexity index is 862. The van der Waals surface area contributed by atoms with Crippen LogP contribution in [0.15, 0.2) is 18.5 Å². The Morgan fingerprint density at radius 2 is 1.96 bits per heavy atom. The number of hydrogen-bond donors (Lipinski definition) is 1. The Kier molecular flexibility index (Phi) is 4.59. The molecule has 0 aliphatic carbocycles. The number of hydrogen-bond acceptors (Lipinski definition) is 5. The van der Waals surface area contributed by atoms with Gasteiger partial charge in [-0.1, -0.05) is 0 Å². The summed E-state index contributed by atoms with van der Waals surface area (Å²) in [5, 5.41) is 7.40. The molecule has 27 heavy (non-hydrogen) atoms. The van der Waals surface area contributed by atoms with Crippen molar-refractivity contribution in [2.75, 3.05) is 20.6 Å². The molecule has 2 bridgehead atoms. The van der Waals surface area contributed by atoms with Gasteiger partial charge in [0.05, 0.1) is 12.7 Å². The molecule has 4 heterocycles. The Morgan fingerprint density at radius 3 is 2.63 bits per heavy atom. The van der Waals surface area contributed by atoms with E-state index in [2.05, 4.69) is 20.3 Å². The fourth-order valence-electron chi connectivity index (χ4n) is 4.33. The molecule has 2 aliphatic rings. The van der Waals surface area contributed by atoms with Crippen LogP contribution in [0.25, 0.3) is 5.65 Å². The molecule has 0 spiro atoms. The predicted octanol–water partition coefficient (Wildman–Crippen LogP) is 0.851. The first kappa shape index (κ1) is 17.9. The minimum atomic E-state index is -0.120. The van der Waals surface area contributed by atoms with Gasteiger partial charge in [0.1, 0.15) is 5.56 Å². The maximum atomic E-state index is 12.8. The van der Waals surface area contributed by atoms with Crippen LogP contribution in [-0.2, 0) is 4.79 Å². The summed E-state index contributed by atoms with van der Waals surface area (Å²) in [6, 6.07) is 2.72. The summed E-state index contributed by atoms with van der Waals surface area (Å²) >= 11 is 0. The smallest absolute Gasteiger partial charge is 0.256 e. The lowest BCUT2D eigenvalue weighted by atomic mass is 9.97. The quantitative estimate of drug-likeness (QED) is 0.863. The number of aromatic nitrogens is 3. The van der Waals surface area contributed by atoms with Gasteiger partial charge in [0.25, 0.3) is 5.91 Å². The maximum absolute atomic E-state index is 12.8. The average Bonchev–Trinajstić information content (AvgIpc) is 3.13. The molecule has 8 heteroatoms. The number of rotatable bonds is 4.